The molecule has 0 radical (unpaired) electrons. The molecule has 7 nitrogen and oxygen atoms in total. The van der Waals surface area contributed by atoms with Crippen molar-refractivity contribution in [3.8, 4) is 0 Å². The fraction of sp³-hybridized carbons (Fsp3) is 0.333. The molecule has 0 bridgehead atoms. The van der Waals surface area contributed by atoms with Gasteiger partial charge in [-0.15, -0.1) is 0 Å². The van der Waals surface area contributed by atoms with E-state index in [-0.39, 0.29) is 36.7 Å². The number of pyridine rings is 1. The Kier molecular flexibility index (Phi) is 5.19. The van der Waals surface area contributed by atoms with Crippen molar-refractivity contribution < 1.29 is 23.2 Å². The third kappa shape index (κ3) is 3.74. The quantitative estimate of drug-likeness (QED) is 0.833. The van der Waals surface area contributed by atoms with Gasteiger partial charge >= 0.3 is 0 Å². The van der Waals surface area contributed by atoms with Gasteiger partial charge in [0.05, 0.1) is 29.2 Å². The highest BCUT2D eigenvalue weighted by Gasteiger charge is 2.31. The first-order valence-electron chi connectivity index (χ1n) is 9.58. The standard InChI is InChI=1S/C21H20F2N4O3/c1-11(2)16-8-19(30-26-16)20(28)25-17-6-13(14(22)7-15(17)23)21(29)27-9-12-4-3-5-24-18(12)10-27/h3-7,11,19H,8-10H2,1-2H3,(H,25,28). The van der Waals surface area contributed by atoms with Crippen LogP contribution in [0.1, 0.15) is 41.9 Å². The van der Waals surface area contributed by atoms with Gasteiger partial charge in [-0.1, -0.05) is 25.1 Å². The molecular formula is C21H20F2N4O3. The maximum absolute atomic E-state index is 14.4. The van der Waals surface area contributed by atoms with Crippen molar-refractivity contribution >= 4 is 23.2 Å². The number of halogens is 2. The molecule has 2 aliphatic rings. The fourth-order valence-electron chi connectivity index (χ4n) is 3.41. The van der Waals surface area contributed by atoms with Crippen LogP contribution < -0.4 is 5.32 Å². The van der Waals surface area contributed by atoms with E-state index in [0.717, 1.165) is 23.0 Å². The molecule has 1 atom stereocenters. The Balaban J connectivity index is 1.50. The summed E-state index contributed by atoms with van der Waals surface area (Å²) in [6.07, 6.45) is 1.01. The van der Waals surface area contributed by atoms with E-state index in [4.69, 9.17) is 4.84 Å². The molecule has 0 spiro atoms. The number of carbonyl (C=O) groups is 2. The number of nitrogens with zero attached hydrogens (tertiary/aromatic N) is 3. The molecule has 1 N–H and O–H groups in total. The molecule has 0 fully saturated rings. The van der Waals surface area contributed by atoms with E-state index in [1.54, 1.807) is 12.3 Å². The second-order valence-electron chi connectivity index (χ2n) is 7.61. The van der Waals surface area contributed by atoms with Crippen molar-refractivity contribution in [1.29, 1.82) is 0 Å². The summed E-state index contributed by atoms with van der Waals surface area (Å²) in [5.41, 5.74) is 1.72. The van der Waals surface area contributed by atoms with Crippen LogP contribution in [0.5, 0.6) is 0 Å². The Labute approximate surface area is 171 Å². The summed E-state index contributed by atoms with van der Waals surface area (Å²) in [7, 11) is 0. The van der Waals surface area contributed by atoms with Gasteiger partial charge in [-0.05, 0) is 23.6 Å². The number of fused-ring (bicyclic) bond motifs is 1. The smallest absolute Gasteiger partial charge is 0.268 e. The van der Waals surface area contributed by atoms with Crippen molar-refractivity contribution in [3.63, 3.8) is 0 Å². The van der Waals surface area contributed by atoms with Crippen LogP contribution in [-0.2, 0) is 22.7 Å². The Morgan fingerprint density at radius 3 is 2.73 bits per heavy atom. The molecule has 156 valence electrons. The summed E-state index contributed by atoms with van der Waals surface area (Å²) >= 11 is 0. The monoisotopic (exact) mass is 414 g/mol. The number of benzene rings is 1. The fourth-order valence-corrected chi connectivity index (χ4v) is 3.41. The number of aromatic nitrogens is 1. The molecule has 0 aliphatic carbocycles. The first kappa shape index (κ1) is 19.9. The minimum absolute atomic E-state index is 0.119. The van der Waals surface area contributed by atoms with Gasteiger partial charge in [0.1, 0.15) is 11.6 Å². The van der Waals surface area contributed by atoms with E-state index < -0.39 is 29.6 Å². The number of hydrogen-bond acceptors (Lipinski definition) is 5. The Hall–Kier alpha value is -3.36. The molecule has 4 rings (SSSR count). The van der Waals surface area contributed by atoms with Crippen LogP contribution in [0.25, 0.3) is 0 Å². The van der Waals surface area contributed by atoms with E-state index >= 15 is 0 Å². The van der Waals surface area contributed by atoms with E-state index in [1.165, 1.54) is 4.90 Å². The lowest BCUT2D eigenvalue weighted by molar-refractivity contribution is -0.125. The number of anilines is 1. The first-order valence-corrected chi connectivity index (χ1v) is 9.58. The van der Waals surface area contributed by atoms with Crippen molar-refractivity contribution in [3.05, 3.63) is 58.9 Å². The van der Waals surface area contributed by atoms with E-state index in [9.17, 15) is 18.4 Å². The summed E-state index contributed by atoms with van der Waals surface area (Å²) in [6, 6.07) is 5.21. The van der Waals surface area contributed by atoms with Crippen LogP contribution in [-0.4, -0.2) is 33.5 Å². The predicted molar refractivity (Wildman–Crippen MR) is 105 cm³/mol. The zero-order valence-electron chi connectivity index (χ0n) is 16.5. The van der Waals surface area contributed by atoms with Gasteiger partial charge in [0, 0.05) is 25.2 Å². The van der Waals surface area contributed by atoms with Gasteiger partial charge in [-0.2, -0.15) is 0 Å². The van der Waals surface area contributed by atoms with E-state index in [1.807, 2.05) is 19.9 Å². The van der Waals surface area contributed by atoms with Gasteiger partial charge in [-0.25, -0.2) is 8.78 Å². The SMILES string of the molecule is CC(C)C1=NOC(C(=O)Nc2cc(C(=O)N3Cc4cccnc4C3)c(F)cc2F)C1. The van der Waals surface area contributed by atoms with Crippen molar-refractivity contribution in [2.45, 2.75) is 39.5 Å². The molecular weight excluding hydrogens is 394 g/mol. The molecule has 0 saturated carbocycles. The van der Waals surface area contributed by atoms with Crippen LogP contribution in [0, 0.1) is 17.6 Å². The molecule has 2 aliphatic heterocycles. The highest BCUT2D eigenvalue weighted by molar-refractivity contribution is 6.01. The number of carbonyl (C=O) groups excluding carboxylic acids is 2. The molecule has 9 heteroatoms. The molecule has 2 amide bonds. The van der Waals surface area contributed by atoms with Crippen LogP contribution in [0.3, 0.4) is 0 Å². The molecule has 2 aromatic rings. The number of amides is 2. The summed E-state index contributed by atoms with van der Waals surface area (Å²) in [5, 5.41) is 6.25. The zero-order chi connectivity index (χ0) is 21.4. The summed E-state index contributed by atoms with van der Waals surface area (Å²) in [4.78, 5) is 36.0. The lowest BCUT2D eigenvalue weighted by Crippen LogP contribution is -2.30. The molecule has 1 aromatic carbocycles. The maximum Gasteiger partial charge on any atom is 0.268 e. The summed E-state index contributed by atoms with van der Waals surface area (Å²) in [5.74, 6) is -3.08. The van der Waals surface area contributed by atoms with Gasteiger partial charge in [0.15, 0.2) is 0 Å². The second-order valence-corrected chi connectivity index (χ2v) is 7.61. The van der Waals surface area contributed by atoms with Crippen molar-refractivity contribution in [2.75, 3.05) is 5.32 Å². The van der Waals surface area contributed by atoms with E-state index in [0.29, 0.717) is 6.07 Å². The highest BCUT2D eigenvalue weighted by atomic mass is 19.1. The van der Waals surface area contributed by atoms with Crippen LogP contribution >= 0.6 is 0 Å². The normalized spacial score (nSPS) is 17.6. The van der Waals surface area contributed by atoms with Gasteiger partial charge in [0.2, 0.25) is 6.10 Å². The number of nitrogens with one attached hydrogen (secondary N) is 1. The summed E-state index contributed by atoms with van der Waals surface area (Å²) in [6.45, 7) is 4.36. The number of oxime groups is 1. The Morgan fingerprint density at radius 1 is 1.23 bits per heavy atom. The second kappa shape index (κ2) is 7.81. The van der Waals surface area contributed by atoms with Crippen molar-refractivity contribution in [1.82, 2.24) is 9.88 Å². The Bertz CT molecular complexity index is 1030. The van der Waals surface area contributed by atoms with Gasteiger partial charge < -0.3 is 15.1 Å². The molecule has 3 heterocycles. The minimum atomic E-state index is -0.998. The van der Waals surface area contributed by atoms with Crippen LogP contribution in [0.4, 0.5) is 14.5 Å². The number of hydrogen-bond donors (Lipinski definition) is 1. The molecule has 30 heavy (non-hydrogen) atoms. The van der Waals surface area contributed by atoms with Crippen molar-refractivity contribution in [2.24, 2.45) is 11.1 Å². The Morgan fingerprint density at radius 2 is 2.03 bits per heavy atom. The number of rotatable bonds is 4. The minimum Gasteiger partial charge on any atom is -0.382 e. The predicted octanol–water partition coefficient (Wildman–Crippen LogP) is 3.26. The third-order valence-electron chi connectivity index (χ3n) is 5.17. The van der Waals surface area contributed by atoms with Crippen LogP contribution in [0.15, 0.2) is 35.6 Å². The lowest BCUT2D eigenvalue weighted by Gasteiger charge is -2.17. The zero-order valence-corrected chi connectivity index (χ0v) is 16.5. The first-order chi connectivity index (χ1) is 14.3. The van der Waals surface area contributed by atoms with Gasteiger partial charge in [0.25, 0.3) is 11.8 Å². The van der Waals surface area contributed by atoms with E-state index in [2.05, 4.69) is 15.5 Å². The molecule has 1 aromatic heterocycles. The molecule has 0 saturated heterocycles. The average molecular weight is 414 g/mol. The largest absolute Gasteiger partial charge is 0.382 e. The van der Waals surface area contributed by atoms with Gasteiger partial charge in [-0.3, -0.25) is 14.6 Å². The lowest BCUT2D eigenvalue weighted by atomic mass is 10.0. The average Bonchev–Trinajstić information content (AvgIpc) is 3.36. The highest BCUT2D eigenvalue weighted by Crippen LogP contribution is 2.26. The topological polar surface area (TPSA) is 83.9 Å². The summed E-state index contributed by atoms with van der Waals surface area (Å²) < 4.78 is 28.7. The molecule has 1 unspecified atom stereocenters. The van der Waals surface area contributed by atoms with Crippen LogP contribution in [0.2, 0.25) is 0 Å². The third-order valence-corrected chi connectivity index (χ3v) is 5.17. The maximum atomic E-state index is 14.4.